The number of amides is 1. The third-order valence-corrected chi connectivity index (χ3v) is 3.35. The molecule has 0 aliphatic heterocycles. The van der Waals surface area contributed by atoms with Crippen LogP contribution in [0.2, 0.25) is 0 Å². The van der Waals surface area contributed by atoms with Crippen LogP contribution in [0, 0.1) is 0 Å². The van der Waals surface area contributed by atoms with Crippen molar-refractivity contribution in [3.8, 4) is 0 Å². The quantitative estimate of drug-likeness (QED) is 0.884. The van der Waals surface area contributed by atoms with Crippen LogP contribution in [0.15, 0.2) is 35.3 Å². The van der Waals surface area contributed by atoms with E-state index in [-0.39, 0.29) is 22.9 Å². The number of hydrogen-bond donors (Lipinski definition) is 2. The lowest BCUT2D eigenvalue weighted by atomic mass is 10.1. The Labute approximate surface area is 111 Å². The van der Waals surface area contributed by atoms with Gasteiger partial charge in [-0.25, -0.2) is 0 Å². The number of carbonyl (C=O) groups excluding carboxylic acids is 1. The summed E-state index contributed by atoms with van der Waals surface area (Å²) in [6, 6.07) is 7.29. The van der Waals surface area contributed by atoms with Crippen molar-refractivity contribution in [1.29, 1.82) is 0 Å². The Morgan fingerprint density at radius 3 is 2.63 bits per heavy atom. The van der Waals surface area contributed by atoms with E-state index in [0.29, 0.717) is 5.39 Å². The molecule has 2 N–H and O–H groups in total. The van der Waals surface area contributed by atoms with Crippen molar-refractivity contribution >= 4 is 16.8 Å². The van der Waals surface area contributed by atoms with Crippen LogP contribution in [0.3, 0.4) is 0 Å². The van der Waals surface area contributed by atoms with Crippen molar-refractivity contribution in [2.24, 2.45) is 0 Å². The fraction of sp³-hybridized carbons (Fsp3) is 0.333. The van der Waals surface area contributed by atoms with Gasteiger partial charge in [0.1, 0.15) is 5.56 Å². The molecule has 1 aromatic carbocycles. The van der Waals surface area contributed by atoms with Crippen LogP contribution in [-0.4, -0.2) is 16.9 Å². The van der Waals surface area contributed by atoms with Gasteiger partial charge >= 0.3 is 0 Å². The Balaban J connectivity index is 2.38. The number of rotatable bonds is 4. The van der Waals surface area contributed by atoms with Crippen molar-refractivity contribution in [3.63, 3.8) is 0 Å². The topological polar surface area (TPSA) is 62.0 Å². The molecule has 100 valence electrons. The minimum atomic E-state index is -0.305. The molecule has 0 saturated heterocycles. The Hall–Kier alpha value is -2.10. The maximum Gasteiger partial charge on any atom is 0.256 e. The zero-order valence-electron chi connectivity index (χ0n) is 11.2. The molecule has 4 heteroatoms. The molecule has 0 fully saturated rings. The van der Waals surface area contributed by atoms with E-state index >= 15 is 0 Å². The van der Waals surface area contributed by atoms with Gasteiger partial charge in [-0.2, -0.15) is 0 Å². The first-order valence-corrected chi connectivity index (χ1v) is 6.58. The average Bonchev–Trinajstić information content (AvgIpc) is 2.45. The lowest BCUT2D eigenvalue weighted by Crippen LogP contribution is -2.36. The van der Waals surface area contributed by atoms with Crippen LogP contribution in [0.5, 0.6) is 0 Å². The highest BCUT2D eigenvalue weighted by atomic mass is 16.2. The first-order valence-electron chi connectivity index (χ1n) is 6.58. The standard InChI is InChI=1S/C15H18N2O2/c1-3-10(4-2)17-15(19)12-9-16-13-8-6-5-7-11(13)14(12)18/h5-10H,3-4H2,1-2H3,(H,16,18)(H,17,19). The Morgan fingerprint density at radius 1 is 1.26 bits per heavy atom. The molecule has 1 heterocycles. The molecule has 0 spiro atoms. The third kappa shape index (κ3) is 2.67. The van der Waals surface area contributed by atoms with Gasteiger partial charge in [0.05, 0.1) is 0 Å². The lowest BCUT2D eigenvalue weighted by Gasteiger charge is -2.14. The van der Waals surface area contributed by atoms with Gasteiger partial charge < -0.3 is 10.3 Å². The predicted octanol–water partition coefficient (Wildman–Crippen LogP) is 2.45. The van der Waals surface area contributed by atoms with Crippen molar-refractivity contribution in [1.82, 2.24) is 10.3 Å². The number of carbonyl (C=O) groups is 1. The van der Waals surface area contributed by atoms with Gasteiger partial charge in [0.2, 0.25) is 5.43 Å². The number of nitrogens with one attached hydrogen (secondary N) is 2. The summed E-state index contributed by atoms with van der Waals surface area (Å²) in [6.45, 7) is 4.03. The number of hydrogen-bond acceptors (Lipinski definition) is 2. The second kappa shape index (κ2) is 5.69. The number of aromatic nitrogens is 1. The molecule has 19 heavy (non-hydrogen) atoms. The van der Waals surface area contributed by atoms with Crippen LogP contribution >= 0.6 is 0 Å². The highest BCUT2D eigenvalue weighted by Crippen LogP contribution is 2.07. The lowest BCUT2D eigenvalue weighted by molar-refractivity contribution is 0.0933. The number of fused-ring (bicyclic) bond motifs is 1. The summed E-state index contributed by atoms with van der Waals surface area (Å²) in [7, 11) is 0. The first kappa shape index (κ1) is 13.3. The molecule has 0 unspecified atom stereocenters. The number of pyridine rings is 1. The minimum Gasteiger partial charge on any atom is -0.360 e. The molecule has 0 saturated carbocycles. The number of para-hydroxylation sites is 1. The smallest absolute Gasteiger partial charge is 0.256 e. The number of benzene rings is 1. The van der Waals surface area contributed by atoms with Crippen LogP contribution in [-0.2, 0) is 0 Å². The van der Waals surface area contributed by atoms with E-state index in [1.165, 1.54) is 6.20 Å². The van der Waals surface area contributed by atoms with E-state index in [1.54, 1.807) is 12.1 Å². The molecule has 2 aromatic rings. The third-order valence-electron chi connectivity index (χ3n) is 3.35. The molecule has 0 radical (unpaired) electrons. The molecule has 0 aliphatic rings. The largest absolute Gasteiger partial charge is 0.360 e. The summed E-state index contributed by atoms with van der Waals surface area (Å²) in [6.07, 6.45) is 3.20. The number of H-pyrrole nitrogens is 1. The van der Waals surface area contributed by atoms with Crippen molar-refractivity contribution < 1.29 is 4.79 Å². The summed E-state index contributed by atoms with van der Waals surface area (Å²) in [5.41, 5.74) is 0.690. The van der Waals surface area contributed by atoms with Crippen LogP contribution in [0.4, 0.5) is 0 Å². The highest BCUT2D eigenvalue weighted by Gasteiger charge is 2.15. The van der Waals surface area contributed by atoms with Gasteiger partial charge in [-0.05, 0) is 25.0 Å². The fourth-order valence-corrected chi connectivity index (χ4v) is 2.09. The van der Waals surface area contributed by atoms with E-state index in [9.17, 15) is 9.59 Å². The maximum absolute atomic E-state index is 12.2. The maximum atomic E-state index is 12.2. The second-order valence-electron chi connectivity index (χ2n) is 4.56. The average molecular weight is 258 g/mol. The van der Waals surface area contributed by atoms with E-state index in [1.807, 2.05) is 26.0 Å². The second-order valence-corrected chi connectivity index (χ2v) is 4.56. The highest BCUT2D eigenvalue weighted by molar-refractivity contribution is 5.97. The Morgan fingerprint density at radius 2 is 1.95 bits per heavy atom. The predicted molar refractivity (Wildman–Crippen MR) is 76.4 cm³/mol. The van der Waals surface area contributed by atoms with Gasteiger partial charge in [-0.3, -0.25) is 9.59 Å². The molecule has 1 aromatic heterocycles. The van der Waals surface area contributed by atoms with Crippen LogP contribution in [0.1, 0.15) is 37.0 Å². The van der Waals surface area contributed by atoms with E-state index in [0.717, 1.165) is 18.4 Å². The number of aromatic amines is 1. The van der Waals surface area contributed by atoms with Gasteiger partial charge in [-0.1, -0.05) is 26.0 Å². The summed E-state index contributed by atoms with van der Waals surface area (Å²) in [5.74, 6) is -0.305. The van der Waals surface area contributed by atoms with Gasteiger partial charge in [0.15, 0.2) is 0 Å². The van der Waals surface area contributed by atoms with Gasteiger partial charge in [0, 0.05) is 23.1 Å². The summed E-state index contributed by atoms with van der Waals surface area (Å²) < 4.78 is 0. The summed E-state index contributed by atoms with van der Waals surface area (Å²) >= 11 is 0. The molecule has 0 atom stereocenters. The van der Waals surface area contributed by atoms with Crippen molar-refractivity contribution in [2.45, 2.75) is 32.7 Å². The van der Waals surface area contributed by atoms with Crippen molar-refractivity contribution in [2.75, 3.05) is 0 Å². The van der Waals surface area contributed by atoms with Gasteiger partial charge in [0.25, 0.3) is 5.91 Å². The van der Waals surface area contributed by atoms with Crippen molar-refractivity contribution in [3.05, 3.63) is 46.2 Å². The molecule has 4 nitrogen and oxygen atoms in total. The molecular formula is C15H18N2O2. The Kier molecular flexibility index (Phi) is 4.00. The summed E-state index contributed by atoms with van der Waals surface area (Å²) in [5, 5.41) is 3.42. The van der Waals surface area contributed by atoms with Crippen LogP contribution < -0.4 is 10.7 Å². The zero-order valence-corrected chi connectivity index (χ0v) is 11.2. The monoisotopic (exact) mass is 258 g/mol. The summed E-state index contributed by atoms with van der Waals surface area (Å²) in [4.78, 5) is 27.3. The molecule has 2 rings (SSSR count). The molecule has 1 amide bonds. The minimum absolute atomic E-state index is 0.110. The zero-order chi connectivity index (χ0) is 13.8. The Bertz CT molecular complexity index is 642. The van der Waals surface area contributed by atoms with E-state index in [4.69, 9.17) is 0 Å². The van der Waals surface area contributed by atoms with Gasteiger partial charge in [-0.15, -0.1) is 0 Å². The SMILES string of the molecule is CCC(CC)NC(=O)c1c[nH]c2ccccc2c1=O. The van der Waals surface area contributed by atoms with E-state index in [2.05, 4.69) is 10.3 Å². The van der Waals surface area contributed by atoms with E-state index < -0.39 is 0 Å². The molecular weight excluding hydrogens is 240 g/mol. The normalized spacial score (nSPS) is 10.9. The molecule has 0 aliphatic carbocycles. The van der Waals surface area contributed by atoms with Crippen LogP contribution in [0.25, 0.3) is 10.9 Å². The fourth-order valence-electron chi connectivity index (χ4n) is 2.09. The first-order chi connectivity index (χ1) is 9.17. The molecule has 0 bridgehead atoms.